The molecule has 1 aromatic rings. The molecule has 0 aliphatic carbocycles. The van der Waals surface area contributed by atoms with Gasteiger partial charge < -0.3 is 5.32 Å². The molecule has 0 bridgehead atoms. The Bertz CT molecular complexity index is 381. The van der Waals surface area contributed by atoms with E-state index in [1.807, 2.05) is 0 Å². The minimum absolute atomic E-state index is 0.265. The average Bonchev–Trinajstić information content (AvgIpc) is 2.79. The van der Waals surface area contributed by atoms with Crippen LogP contribution in [0.1, 0.15) is 57.6 Å². The zero-order valence-electron chi connectivity index (χ0n) is 13.4. The highest BCUT2D eigenvalue weighted by Gasteiger charge is 2.17. The third-order valence-corrected chi connectivity index (χ3v) is 3.96. The van der Waals surface area contributed by atoms with E-state index in [1.165, 1.54) is 43.4 Å². The average molecular weight is 274 g/mol. The number of hydrogen-bond acceptors (Lipinski definition) is 2. The highest BCUT2D eigenvalue weighted by Crippen LogP contribution is 2.22. The van der Waals surface area contributed by atoms with Crippen LogP contribution in [0.3, 0.4) is 0 Å². The van der Waals surface area contributed by atoms with Gasteiger partial charge in [0, 0.05) is 18.6 Å². The Labute approximate surface area is 124 Å². The van der Waals surface area contributed by atoms with Crippen molar-refractivity contribution in [2.45, 2.75) is 65.1 Å². The van der Waals surface area contributed by atoms with Crippen LogP contribution in [0.4, 0.5) is 0 Å². The Kier molecular flexibility index (Phi) is 5.62. The molecule has 0 amide bonds. The van der Waals surface area contributed by atoms with Crippen LogP contribution in [0.2, 0.25) is 0 Å². The molecule has 0 aromatic heterocycles. The van der Waals surface area contributed by atoms with E-state index in [2.05, 4.69) is 55.3 Å². The second-order valence-corrected chi connectivity index (χ2v) is 7.07. The third kappa shape index (κ3) is 5.26. The molecule has 1 aromatic carbocycles. The fraction of sp³-hybridized carbons (Fsp3) is 0.667. The third-order valence-electron chi connectivity index (χ3n) is 3.96. The van der Waals surface area contributed by atoms with E-state index < -0.39 is 0 Å². The molecule has 0 saturated carbocycles. The van der Waals surface area contributed by atoms with E-state index in [0.29, 0.717) is 0 Å². The van der Waals surface area contributed by atoms with Gasteiger partial charge in [-0.3, -0.25) is 4.90 Å². The summed E-state index contributed by atoms with van der Waals surface area (Å²) in [6.45, 7) is 11.4. The van der Waals surface area contributed by atoms with Crippen LogP contribution in [-0.4, -0.2) is 23.5 Å². The van der Waals surface area contributed by atoms with Crippen LogP contribution in [0.15, 0.2) is 24.3 Å². The molecule has 0 saturated heterocycles. The van der Waals surface area contributed by atoms with Gasteiger partial charge in [-0.25, -0.2) is 0 Å². The maximum atomic E-state index is 3.56. The summed E-state index contributed by atoms with van der Waals surface area (Å²) in [5.74, 6) is 0. The lowest BCUT2D eigenvalue weighted by molar-refractivity contribution is 0.276. The molecule has 1 heterocycles. The van der Waals surface area contributed by atoms with Crippen LogP contribution in [0.5, 0.6) is 0 Å². The van der Waals surface area contributed by atoms with E-state index in [1.54, 1.807) is 0 Å². The van der Waals surface area contributed by atoms with Gasteiger partial charge in [-0.2, -0.15) is 0 Å². The van der Waals surface area contributed by atoms with Gasteiger partial charge in [0.05, 0.1) is 0 Å². The number of nitrogens with one attached hydrogen (secondary N) is 1. The zero-order chi connectivity index (χ0) is 14.4. The van der Waals surface area contributed by atoms with Gasteiger partial charge in [0.25, 0.3) is 0 Å². The maximum Gasteiger partial charge on any atom is 0.0240 e. The van der Waals surface area contributed by atoms with Gasteiger partial charge >= 0.3 is 0 Å². The van der Waals surface area contributed by atoms with Crippen molar-refractivity contribution in [3.8, 4) is 0 Å². The van der Waals surface area contributed by atoms with Crippen LogP contribution >= 0.6 is 0 Å². The van der Waals surface area contributed by atoms with Crippen LogP contribution in [-0.2, 0) is 13.1 Å². The molecule has 2 rings (SSSR count). The smallest absolute Gasteiger partial charge is 0.0240 e. The molecule has 20 heavy (non-hydrogen) atoms. The lowest BCUT2D eigenvalue weighted by atomic mass is 10.1. The molecule has 0 radical (unpaired) electrons. The fourth-order valence-corrected chi connectivity index (χ4v) is 2.84. The van der Waals surface area contributed by atoms with Gasteiger partial charge in [0.1, 0.15) is 0 Å². The first kappa shape index (κ1) is 15.5. The van der Waals surface area contributed by atoms with Gasteiger partial charge in [-0.1, -0.05) is 37.1 Å². The molecular formula is C18H30N2. The van der Waals surface area contributed by atoms with Crippen molar-refractivity contribution in [1.29, 1.82) is 0 Å². The van der Waals surface area contributed by atoms with Crippen molar-refractivity contribution in [2.24, 2.45) is 0 Å². The molecule has 0 atom stereocenters. The summed E-state index contributed by atoms with van der Waals surface area (Å²) >= 11 is 0. The fourth-order valence-electron chi connectivity index (χ4n) is 2.84. The largest absolute Gasteiger partial charge is 0.312 e. The lowest BCUT2D eigenvalue weighted by Crippen LogP contribution is -2.36. The molecule has 0 fully saturated rings. The second-order valence-electron chi connectivity index (χ2n) is 7.07. The van der Waals surface area contributed by atoms with Crippen molar-refractivity contribution in [2.75, 3.05) is 13.1 Å². The summed E-state index contributed by atoms with van der Waals surface area (Å²) in [5, 5.41) is 3.56. The Morgan fingerprint density at radius 2 is 1.55 bits per heavy atom. The van der Waals surface area contributed by atoms with Gasteiger partial charge in [0.2, 0.25) is 0 Å². The Hall–Kier alpha value is -0.860. The maximum absolute atomic E-state index is 3.56. The lowest BCUT2D eigenvalue weighted by Gasteiger charge is -2.20. The van der Waals surface area contributed by atoms with E-state index in [4.69, 9.17) is 0 Å². The first-order chi connectivity index (χ1) is 9.54. The molecule has 112 valence electrons. The quantitative estimate of drug-likeness (QED) is 0.757. The number of unbranched alkanes of at least 4 members (excludes halogenated alkanes) is 3. The molecule has 0 spiro atoms. The summed E-state index contributed by atoms with van der Waals surface area (Å²) in [6.07, 6.45) is 5.35. The predicted octanol–water partition coefficient (Wildman–Crippen LogP) is 3.95. The Balaban J connectivity index is 1.51. The first-order valence-electron chi connectivity index (χ1n) is 8.09. The Morgan fingerprint density at radius 1 is 0.950 bits per heavy atom. The highest BCUT2D eigenvalue weighted by molar-refractivity contribution is 5.30. The topological polar surface area (TPSA) is 15.3 Å². The van der Waals surface area contributed by atoms with E-state index in [-0.39, 0.29) is 5.54 Å². The summed E-state index contributed by atoms with van der Waals surface area (Å²) in [7, 11) is 0. The predicted molar refractivity (Wildman–Crippen MR) is 86.8 cm³/mol. The zero-order valence-corrected chi connectivity index (χ0v) is 13.4. The van der Waals surface area contributed by atoms with E-state index in [9.17, 15) is 0 Å². The SMILES string of the molecule is CC(C)(C)NCCCCCCN1Cc2ccccc2C1. The number of rotatable bonds is 7. The van der Waals surface area contributed by atoms with Crippen LogP contribution in [0.25, 0.3) is 0 Å². The van der Waals surface area contributed by atoms with Crippen molar-refractivity contribution >= 4 is 0 Å². The van der Waals surface area contributed by atoms with Crippen LogP contribution < -0.4 is 5.32 Å². The summed E-state index contributed by atoms with van der Waals surface area (Å²) in [6, 6.07) is 8.86. The molecular weight excluding hydrogens is 244 g/mol. The molecule has 2 nitrogen and oxygen atoms in total. The van der Waals surface area contributed by atoms with Crippen molar-refractivity contribution in [3.05, 3.63) is 35.4 Å². The second kappa shape index (κ2) is 7.24. The summed E-state index contributed by atoms with van der Waals surface area (Å²) in [5.41, 5.74) is 3.32. The number of nitrogens with zero attached hydrogens (tertiary/aromatic N) is 1. The standard InChI is InChI=1S/C18H30N2/c1-18(2,3)19-12-8-4-5-9-13-20-14-16-10-6-7-11-17(16)15-20/h6-7,10-11,19H,4-5,8-9,12-15H2,1-3H3. The van der Waals surface area contributed by atoms with Gasteiger partial charge in [0.15, 0.2) is 0 Å². The van der Waals surface area contributed by atoms with Crippen molar-refractivity contribution < 1.29 is 0 Å². The number of hydrogen-bond donors (Lipinski definition) is 1. The summed E-state index contributed by atoms with van der Waals surface area (Å²) < 4.78 is 0. The minimum atomic E-state index is 0.265. The molecule has 0 unspecified atom stereocenters. The van der Waals surface area contributed by atoms with E-state index >= 15 is 0 Å². The monoisotopic (exact) mass is 274 g/mol. The number of benzene rings is 1. The molecule has 1 aliphatic heterocycles. The highest BCUT2D eigenvalue weighted by atomic mass is 15.1. The van der Waals surface area contributed by atoms with Crippen LogP contribution in [0, 0.1) is 0 Å². The molecule has 1 N–H and O–H groups in total. The first-order valence-corrected chi connectivity index (χ1v) is 8.09. The molecule has 1 aliphatic rings. The Morgan fingerprint density at radius 3 is 2.15 bits per heavy atom. The minimum Gasteiger partial charge on any atom is -0.312 e. The van der Waals surface area contributed by atoms with Gasteiger partial charge in [-0.15, -0.1) is 0 Å². The summed E-state index contributed by atoms with van der Waals surface area (Å²) in [4.78, 5) is 2.58. The normalized spacial score (nSPS) is 15.6. The van der Waals surface area contributed by atoms with Gasteiger partial charge in [-0.05, 0) is 57.8 Å². The van der Waals surface area contributed by atoms with Crippen molar-refractivity contribution in [3.63, 3.8) is 0 Å². The number of fused-ring (bicyclic) bond motifs is 1. The van der Waals surface area contributed by atoms with Crippen molar-refractivity contribution in [1.82, 2.24) is 10.2 Å². The molecule has 2 heteroatoms. The van der Waals surface area contributed by atoms with E-state index in [0.717, 1.165) is 19.6 Å².